The summed E-state index contributed by atoms with van der Waals surface area (Å²) in [5.41, 5.74) is 0.334. The Morgan fingerprint density at radius 1 is 1.09 bits per heavy atom. The average Bonchev–Trinajstić information content (AvgIpc) is 2.55. The molecule has 2 rings (SSSR count). The van der Waals surface area contributed by atoms with Crippen LogP contribution in [0, 0.1) is 10.1 Å². The largest absolute Gasteiger partial charge is 0.492 e. The minimum Gasteiger partial charge on any atom is -0.492 e. The summed E-state index contributed by atoms with van der Waals surface area (Å²) in [5, 5.41) is 13.5. The smallest absolute Gasteiger partial charge is 0.310 e. The molecule has 0 unspecified atom stereocenters. The highest BCUT2D eigenvalue weighted by atomic mass is 16.6. The van der Waals surface area contributed by atoms with Crippen LogP contribution in [0.1, 0.15) is 6.92 Å². The van der Waals surface area contributed by atoms with E-state index in [1.807, 2.05) is 6.92 Å². The van der Waals surface area contributed by atoms with Crippen LogP contribution in [0.4, 0.5) is 11.4 Å². The fourth-order valence-electron chi connectivity index (χ4n) is 1.91. The van der Waals surface area contributed by atoms with Gasteiger partial charge in [-0.1, -0.05) is 24.3 Å². The number of nitro benzene ring substituents is 1. The number of hydrogen-bond donors (Lipinski definition) is 1. The van der Waals surface area contributed by atoms with E-state index in [4.69, 9.17) is 9.47 Å². The van der Waals surface area contributed by atoms with Gasteiger partial charge in [-0.05, 0) is 25.1 Å². The molecule has 0 aliphatic carbocycles. The zero-order chi connectivity index (χ0) is 16.7. The van der Waals surface area contributed by atoms with Gasteiger partial charge in [0.15, 0.2) is 12.4 Å². The van der Waals surface area contributed by atoms with Gasteiger partial charge < -0.3 is 14.8 Å². The van der Waals surface area contributed by atoms with Crippen molar-refractivity contribution in [2.24, 2.45) is 0 Å². The van der Waals surface area contributed by atoms with Crippen LogP contribution in [0.2, 0.25) is 0 Å². The number of rotatable bonds is 7. The molecule has 0 fully saturated rings. The highest BCUT2D eigenvalue weighted by Crippen LogP contribution is 2.26. The Hall–Kier alpha value is -3.09. The molecule has 1 N–H and O–H groups in total. The highest BCUT2D eigenvalue weighted by Gasteiger charge is 2.15. The molecule has 23 heavy (non-hydrogen) atoms. The highest BCUT2D eigenvalue weighted by molar-refractivity contribution is 5.93. The number of ether oxygens (including phenoxy) is 2. The maximum absolute atomic E-state index is 12.0. The summed E-state index contributed by atoms with van der Waals surface area (Å²) in [5.74, 6) is 0.162. The molecule has 120 valence electrons. The van der Waals surface area contributed by atoms with E-state index in [9.17, 15) is 14.9 Å². The van der Waals surface area contributed by atoms with Crippen molar-refractivity contribution in [3.05, 3.63) is 58.6 Å². The van der Waals surface area contributed by atoms with Gasteiger partial charge in [0.2, 0.25) is 0 Å². The number of carbonyl (C=O) groups is 1. The van der Waals surface area contributed by atoms with Gasteiger partial charge in [0.05, 0.1) is 17.2 Å². The SMILES string of the molecule is CCOc1ccccc1NC(=O)COc1ccccc1[N+](=O)[O-]. The molecule has 1 amide bonds. The lowest BCUT2D eigenvalue weighted by Gasteiger charge is -2.11. The van der Waals surface area contributed by atoms with Crippen LogP contribution in [-0.2, 0) is 4.79 Å². The number of amides is 1. The predicted octanol–water partition coefficient (Wildman–Crippen LogP) is 3.01. The first kappa shape index (κ1) is 16.3. The van der Waals surface area contributed by atoms with E-state index >= 15 is 0 Å². The van der Waals surface area contributed by atoms with Crippen LogP contribution in [0.15, 0.2) is 48.5 Å². The minimum absolute atomic E-state index is 0.0470. The molecule has 0 heterocycles. The van der Waals surface area contributed by atoms with Crippen molar-refractivity contribution in [1.29, 1.82) is 0 Å². The molecular formula is C16H16N2O5. The van der Waals surface area contributed by atoms with Gasteiger partial charge in [0, 0.05) is 6.07 Å². The zero-order valence-electron chi connectivity index (χ0n) is 12.5. The molecule has 0 aliphatic heterocycles. The van der Waals surface area contributed by atoms with Crippen molar-refractivity contribution in [3.63, 3.8) is 0 Å². The van der Waals surface area contributed by atoms with Crippen LogP contribution in [0.5, 0.6) is 11.5 Å². The van der Waals surface area contributed by atoms with Crippen molar-refractivity contribution >= 4 is 17.3 Å². The quantitative estimate of drug-likeness (QED) is 0.626. The average molecular weight is 316 g/mol. The van der Waals surface area contributed by atoms with E-state index in [0.717, 1.165) is 0 Å². The Kier molecular flexibility index (Phi) is 5.51. The lowest BCUT2D eigenvalue weighted by atomic mass is 10.3. The van der Waals surface area contributed by atoms with E-state index in [-0.39, 0.29) is 18.0 Å². The Morgan fingerprint density at radius 2 is 1.74 bits per heavy atom. The van der Waals surface area contributed by atoms with Crippen molar-refractivity contribution in [3.8, 4) is 11.5 Å². The first-order valence-electron chi connectivity index (χ1n) is 6.99. The molecule has 2 aromatic rings. The molecule has 0 atom stereocenters. The van der Waals surface area contributed by atoms with Gasteiger partial charge in [-0.3, -0.25) is 14.9 Å². The summed E-state index contributed by atoms with van der Waals surface area (Å²) in [6.45, 7) is 1.97. The lowest BCUT2D eigenvalue weighted by Crippen LogP contribution is -2.20. The molecule has 0 spiro atoms. The normalized spacial score (nSPS) is 9.96. The molecule has 0 saturated heterocycles. The van der Waals surface area contributed by atoms with Crippen LogP contribution in [0.25, 0.3) is 0 Å². The summed E-state index contributed by atoms with van der Waals surface area (Å²) in [6, 6.07) is 12.9. The molecular weight excluding hydrogens is 300 g/mol. The third-order valence-corrected chi connectivity index (χ3v) is 2.88. The lowest BCUT2D eigenvalue weighted by molar-refractivity contribution is -0.385. The second-order valence-corrected chi connectivity index (χ2v) is 4.49. The van der Waals surface area contributed by atoms with Crippen LogP contribution in [0.3, 0.4) is 0 Å². The van der Waals surface area contributed by atoms with Crippen molar-refractivity contribution < 1.29 is 19.2 Å². The maximum atomic E-state index is 12.0. The van der Waals surface area contributed by atoms with E-state index in [0.29, 0.717) is 18.0 Å². The Morgan fingerprint density at radius 3 is 2.43 bits per heavy atom. The fraction of sp³-hybridized carbons (Fsp3) is 0.188. The molecule has 0 aliphatic rings. The summed E-state index contributed by atoms with van der Waals surface area (Å²) < 4.78 is 10.6. The van der Waals surface area contributed by atoms with Gasteiger partial charge in [-0.2, -0.15) is 0 Å². The number of hydrogen-bond acceptors (Lipinski definition) is 5. The second-order valence-electron chi connectivity index (χ2n) is 4.49. The van der Waals surface area contributed by atoms with E-state index in [1.165, 1.54) is 18.2 Å². The van der Waals surface area contributed by atoms with Gasteiger partial charge in [-0.25, -0.2) is 0 Å². The van der Waals surface area contributed by atoms with Gasteiger partial charge in [0.1, 0.15) is 5.75 Å². The summed E-state index contributed by atoms with van der Waals surface area (Å²) in [4.78, 5) is 22.3. The summed E-state index contributed by atoms with van der Waals surface area (Å²) in [7, 11) is 0. The molecule has 7 nitrogen and oxygen atoms in total. The topological polar surface area (TPSA) is 90.7 Å². The van der Waals surface area contributed by atoms with Crippen LogP contribution >= 0.6 is 0 Å². The molecule has 0 saturated carbocycles. The van der Waals surface area contributed by atoms with Crippen molar-refractivity contribution in [2.75, 3.05) is 18.5 Å². The first-order valence-corrected chi connectivity index (χ1v) is 6.99. The number of nitrogens with zero attached hydrogens (tertiary/aromatic N) is 1. The molecule has 2 aromatic carbocycles. The maximum Gasteiger partial charge on any atom is 0.310 e. The Balaban J connectivity index is 2.00. The van der Waals surface area contributed by atoms with Gasteiger partial charge in [0.25, 0.3) is 5.91 Å². The number of anilines is 1. The molecule has 0 aromatic heterocycles. The third-order valence-electron chi connectivity index (χ3n) is 2.88. The Bertz CT molecular complexity index is 702. The molecule has 7 heteroatoms. The first-order chi connectivity index (χ1) is 11.1. The Labute approximate surface area is 133 Å². The van der Waals surface area contributed by atoms with E-state index in [2.05, 4.69) is 5.32 Å². The van der Waals surface area contributed by atoms with Crippen LogP contribution < -0.4 is 14.8 Å². The predicted molar refractivity (Wildman–Crippen MR) is 84.8 cm³/mol. The van der Waals surface area contributed by atoms with Crippen molar-refractivity contribution in [2.45, 2.75) is 6.92 Å². The summed E-state index contributed by atoms with van der Waals surface area (Å²) in [6.07, 6.45) is 0. The number of benzene rings is 2. The van der Waals surface area contributed by atoms with E-state index in [1.54, 1.807) is 30.3 Å². The number of carbonyl (C=O) groups excluding carboxylic acids is 1. The van der Waals surface area contributed by atoms with Crippen LogP contribution in [-0.4, -0.2) is 24.0 Å². The molecule has 0 radical (unpaired) electrons. The summed E-state index contributed by atoms with van der Waals surface area (Å²) >= 11 is 0. The van der Waals surface area contributed by atoms with Crippen molar-refractivity contribution in [1.82, 2.24) is 0 Å². The number of nitro groups is 1. The van der Waals surface area contributed by atoms with Gasteiger partial charge in [-0.15, -0.1) is 0 Å². The second kappa shape index (κ2) is 7.79. The standard InChI is InChI=1S/C16H16N2O5/c1-2-22-14-9-5-3-7-12(14)17-16(19)11-23-15-10-6-4-8-13(15)18(20)21/h3-10H,2,11H2,1H3,(H,17,19). The number of nitrogens with one attached hydrogen (secondary N) is 1. The zero-order valence-corrected chi connectivity index (χ0v) is 12.5. The monoisotopic (exact) mass is 316 g/mol. The van der Waals surface area contributed by atoms with E-state index < -0.39 is 10.8 Å². The minimum atomic E-state index is -0.558. The number of para-hydroxylation sites is 4. The fourth-order valence-corrected chi connectivity index (χ4v) is 1.91. The molecule has 0 bridgehead atoms. The van der Waals surface area contributed by atoms with Gasteiger partial charge >= 0.3 is 5.69 Å². The third kappa shape index (κ3) is 4.44.